The number of phosphoric acid groups is 3. The average molecular weight is 703 g/mol. The van der Waals surface area contributed by atoms with E-state index >= 15 is 0 Å². The third-order valence-corrected chi connectivity index (χ3v) is 9.48. The fraction of sp³-hybridized carbons (Fsp3) is 0.412. The molecule has 6 N–H and O–H groups in total. The van der Waals surface area contributed by atoms with Gasteiger partial charge in [0.1, 0.15) is 18.3 Å². The summed E-state index contributed by atoms with van der Waals surface area (Å²) in [6, 6.07) is 6.26. The van der Waals surface area contributed by atoms with Gasteiger partial charge >= 0.3 is 29.2 Å². The fourth-order valence-corrected chi connectivity index (χ4v) is 6.91. The van der Waals surface area contributed by atoms with Crippen LogP contribution in [0.3, 0.4) is 0 Å². The van der Waals surface area contributed by atoms with E-state index < -0.39 is 88.4 Å². The van der Waals surface area contributed by atoms with E-state index in [1.807, 2.05) is 0 Å². The Morgan fingerprint density at radius 1 is 0.975 bits per heavy atom. The van der Waals surface area contributed by atoms with Gasteiger partial charge in [-0.3, -0.25) is 18.5 Å². The van der Waals surface area contributed by atoms with Gasteiger partial charge < -0.3 is 34.5 Å². The lowest BCUT2D eigenvalue weighted by atomic mass is 10.1. The summed E-state index contributed by atoms with van der Waals surface area (Å²) >= 11 is 2.83. The van der Waals surface area contributed by atoms with Crippen LogP contribution in [0.25, 0.3) is 0 Å². The van der Waals surface area contributed by atoms with E-state index in [1.165, 1.54) is 18.2 Å². The Bertz CT molecular complexity index is 1500. The lowest BCUT2D eigenvalue weighted by Crippen LogP contribution is -2.46. The van der Waals surface area contributed by atoms with Crippen LogP contribution in [-0.4, -0.2) is 63.8 Å². The average Bonchev–Trinajstić information content (AvgIpc) is 3.09. The predicted molar refractivity (Wildman–Crippen MR) is 129 cm³/mol. The summed E-state index contributed by atoms with van der Waals surface area (Å²) in [4.78, 5) is 61.4. The van der Waals surface area contributed by atoms with Crippen molar-refractivity contribution in [2.24, 2.45) is 0 Å². The molecule has 0 spiro atoms. The molecule has 0 bridgehead atoms. The maximum Gasteiger partial charge on any atom is 0.490 e. The molecule has 1 aliphatic rings. The van der Waals surface area contributed by atoms with Crippen LogP contribution in [0, 0.1) is 0 Å². The van der Waals surface area contributed by atoms with E-state index in [9.17, 15) is 52.1 Å². The fourth-order valence-electron chi connectivity index (χ4n) is 3.45. The van der Waals surface area contributed by atoms with Crippen molar-refractivity contribution in [2.45, 2.75) is 37.0 Å². The number of ether oxygens (including phenoxy) is 1. The number of nitrogens with zero attached hydrogens (tertiary/aromatic N) is 2. The van der Waals surface area contributed by atoms with Crippen LogP contribution in [0.5, 0.6) is 0 Å². The van der Waals surface area contributed by atoms with Crippen LogP contribution in [0.4, 0.5) is 8.78 Å². The molecule has 23 heteroatoms. The quantitative estimate of drug-likeness (QED) is 0.175. The standard InChI is InChI=1S/C17H20BrF2N2O15P3/c18-10-6-21(16(26)22(14(10)25)8-17(19,20)9-4-2-1-3-5-9)15-13(24)12(23)11(35-15)7-34-39(30,31)37-40(32,33)36-38(27,28)29/h1-6,11-13,15,23-24H,7-8H2,(H,30,31)(H,32,33)(H2,27,28,29)/t11-,12+,13?,15-/m1/s1. The molecule has 17 nitrogen and oxygen atoms in total. The highest BCUT2D eigenvalue weighted by molar-refractivity contribution is 9.10. The monoisotopic (exact) mass is 702 g/mol. The van der Waals surface area contributed by atoms with Gasteiger partial charge in [0.25, 0.3) is 11.5 Å². The molecule has 0 radical (unpaired) electrons. The zero-order chi connectivity index (χ0) is 30.3. The van der Waals surface area contributed by atoms with Crippen molar-refractivity contribution in [3.05, 3.63) is 67.4 Å². The van der Waals surface area contributed by atoms with Gasteiger partial charge in [0.15, 0.2) is 6.23 Å². The Labute approximate surface area is 229 Å². The number of alkyl halides is 2. The molecular weight excluding hydrogens is 683 g/mol. The number of benzene rings is 1. The maximum atomic E-state index is 14.9. The SMILES string of the molecule is O=c1c(Br)cn([C@@H]2O[C@H](COP(=O)(O)OP(=O)(O)OP(=O)(O)O)[C@H](O)C2O)c(=O)n1CC(F)(F)c1ccccc1. The van der Waals surface area contributed by atoms with Crippen molar-refractivity contribution < 1.29 is 70.1 Å². The Balaban J connectivity index is 1.82. The number of aliphatic hydroxyl groups is 2. The summed E-state index contributed by atoms with van der Waals surface area (Å²) in [6.45, 7) is -2.62. The van der Waals surface area contributed by atoms with Crippen LogP contribution < -0.4 is 11.2 Å². The first-order valence-electron chi connectivity index (χ1n) is 10.5. The molecular formula is C17H20BrF2N2O15P3. The van der Waals surface area contributed by atoms with E-state index in [1.54, 1.807) is 0 Å². The van der Waals surface area contributed by atoms with Crippen LogP contribution in [-0.2, 0) is 44.0 Å². The highest BCUT2D eigenvalue weighted by atomic mass is 79.9. The van der Waals surface area contributed by atoms with Crippen molar-refractivity contribution >= 4 is 39.4 Å². The van der Waals surface area contributed by atoms with Crippen molar-refractivity contribution in [2.75, 3.05) is 6.61 Å². The first-order chi connectivity index (χ1) is 18.2. The smallest absolute Gasteiger partial charge is 0.387 e. The molecule has 0 amide bonds. The molecule has 224 valence electrons. The lowest BCUT2D eigenvalue weighted by molar-refractivity contribution is -0.0570. The van der Waals surface area contributed by atoms with Gasteiger partial charge in [0, 0.05) is 11.8 Å². The molecule has 2 heterocycles. The van der Waals surface area contributed by atoms with Crippen molar-refractivity contribution in [1.29, 1.82) is 0 Å². The Kier molecular flexibility index (Phi) is 9.93. The number of phosphoric ester groups is 1. The van der Waals surface area contributed by atoms with Crippen molar-refractivity contribution in [1.82, 2.24) is 9.13 Å². The van der Waals surface area contributed by atoms with Crippen molar-refractivity contribution in [3.8, 4) is 0 Å². The van der Waals surface area contributed by atoms with Gasteiger partial charge in [0.2, 0.25) is 0 Å². The molecule has 1 aromatic carbocycles. The number of rotatable bonds is 11. The lowest BCUT2D eigenvalue weighted by Gasteiger charge is -2.22. The summed E-state index contributed by atoms with van der Waals surface area (Å²) < 4.78 is 80.7. The minimum absolute atomic E-state index is 0.152. The van der Waals surface area contributed by atoms with Crippen LogP contribution in [0.15, 0.2) is 50.6 Å². The second kappa shape index (κ2) is 12.0. The highest BCUT2D eigenvalue weighted by Gasteiger charge is 2.47. The largest absolute Gasteiger partial charge is 0.490 e. The number of halogens is 3. The Hall–Kier alpha value is -1.47. The van der Waals surface area contributed by atoms with Gasteiger partial charge in [-0.05, 0) is 15.9 Å². The van der Waals surface area contributed by atoms with Gasteiger partial charge in [-0.1, -0.05) is 30.3 Å². The summed E-state index contributed by atoms with van der Waals surface area (Å²) in [5, 5.41) is 20.7. The van der Waals surface area contributed by atoms with E-state index in [-0.39, 0.29) is 4.57 Å². The van der Waals surface area contributed by atoms with Crippen LogP contribution in [0.2, 0.25) is 0 Å². The molecule has 3 rings (SSSR count). The minimum Gasteiger partial charge on any atom is -0.387 e. The first-order valence-corrected chi connectivity index (χ1v) is 15.8. The highest BCUT2D eigenvalue weighted by Crippen LogP contribution is 2.66. The number of hydrogen-bond donors (Lipinski definition) is 6. The molecule has 1 saturated heterocycles. The summed E-state index contributed by atoms with van der Waals surface area (Å²) in [5.74, 6) is -3.70. The first kappa shape index (κ1) is 33.0. The number of hydrogen-bond acceptors (Lipinski definition) is 11. The molecule has 1 aromatic heterocycles. The van der Waals surface area contributed by atoms with Crippen LogP contribution >= 0.6 is 39.4 Å². The van der Waals surface area contributed by atoms with Crippen LogP contribution in [0.1, 0.15) is 11.8 Å². The molecule has 1 aliphatic heterocycles. The van der Waals surface area contributed by atoms with Crippen molar-refractivity contribution in [3.63, 3.8) is 0 Å². The van der Waals surface area contributed by atoms with E-state index in [2.05, 4.69) is 29.1 Å². The minimum atomic E-state index is -5.84. The second-order valence-electron chi connectivity index (χ2n) is 8.06. The molecule has 2 aromatic rings. The predicted octanol–water partition coefficient (Wildman–Crippen LogP) is 0.527. The molecule has 1 fully saturated rings. The summed E-state index contributed by atoms with van der Waals surface area (Å²) in [7, 11) is -17.1. The molecule has 0 aliphatic carbocycles. The molecule has 3 unspecified atom stereocenters. The van der Waals surface area contributed by atoms with Gasteiger partial charge in [-0.2, -0.15) is 17.4 Å². The molecule has 40 heavy (non-hydrogen) atoms. The summed E-state index contributed by atoms with van der Waals surface area (Å²) in [6.07, 6.45) is -6.87. The van der Waals surface area contributed by atoms with Gasteiger partial charge in [-0.15, -0.1) is 0 Å². The Morgan fingerprint density at radius 3 is 2.15 bits per heavy atom. The molecule has 6 atom stereocenters. The van der Waals surface area contributed by atoms with E-state index in [0.29, 0.717) is 4.57 Å². The zero-order valence-corrected chi connectivity index (χ0v) is 23.7. The van der Waals surface area contributed by atoms with E-state index in [0.717, 1.165) is 18.3 Å². The summed E-state index contributed by atoms with van der Waals surface area (Å²) in [5.41, 5.74) is -3.06. The third-order valence-electron chi connectivity index (χ3n) is 5.14. The van der Waals surface area contributed by atoms with Gasteiger partial charge in [0.05, 0.1) is 17.6 Å². The zero-order valence-electron chi connectivity index (χ0n) is 19.4. The molecule has 0 saturated carbocycles. The van der Waals surface area contributed by atoms with Gasteiger partial charge in [-0.25, -0.2) is 18.5 Å². The number of aromatic nitrogens is 2. The second-order valence-corrected chi connectivity index (χ2v) is 13.3. The third kappa shape index (κ3) is 8.08. The Morgan fingerprint density at radius 2 is 1.57 bits per heavy atom. The van der Waals surface area contributed by atoms with E-state index in [4.69, 9.17) is 14.5 Å². The number of aliphatic hydroxyl groups excluding tert-OH is 2. The topological polar surface area (TPSA) is 254 Å². The maximum absolute atomic E-state index is 14.9. The normalized spacial score (nSPS) is 24.9.